The second-order valence-electron chi connectivity index (χ2n) is 4.56. The van der Waals surface area contributed by atoms with Gasteiger partial charge in [0.1, 0.15) is 0 Å². The molecular formula is C13H15NO2. The van der Waals surface area contributed by atoms with E-state index in [0.717, 1.165) is 13.0 Å². The standard InChI is InChI=1S/C13H15NO2/c15-13(14-7-10-8-16-10)12-6-11(12)9-4-2-1-3-5-9/h1-5,10-12H,6-8H2,(H,14,15). The summed E-state index contributed by atoms with van der Waals surface area (Å²) in [6.45, 7) is 1.48. The Hall–Kier alpha value is -1.35. The maximum absolute atomic E-state index is 11.8. The smallest absolute Gasteiger partial charge is 0.223 e. The number of hydrogen-bond donors (Lipinski definition) is 1. The fourth-order valence-electron chi connectivity index (χ4n) is 2.08. The van der Waals surface area contributed by atoms with Crippen LogP contribution in [-0.2, 0) is 9.53 Å². The van der Waals surface area contributed by atoms with E-state index in [1.165, 1.54) is 5.56 Å². The summed E-state index contributed by atoms with van der Waals surface area (Å²) in [5.41, 5.74) is 1.28. The van der Waals surface area contributed by atoms with E-state index in [9.17, 15) is 4.79 Å². The molecular weight excluding hydrogens is 202 g/mol. The fraction of sp³-hybridized carbons (Fsp3) is 0.462. The summed E-state index contributed by atoms with van der Waals surface area (Å²) in [5.74, 6) is 0.798. The largest absolute Gasteiger partial charge is 0.371 e. The Morgan fingerprint density at radius 3 is 2.81 bits per heavy atom. The minimum atomic E-state index is 0.182. The molecule has 0 aromatic heterocycles. The van der Waals surface area contributed by atoms with Gasteiger partial charge >= 0.3 is 0 Å². The molecule has 0 radical (unpaired) electrons. The normalized spacial score (nSPS) is 30.9. The van der Waals surface area contributed by atoms with Crippen molar-refractivity contribution < 1.29 is 9.53 Å². The molecule has 2 fully saturated rings. The average Bonchev–Trinajstić information content (AvgIpc) is 3.19. The van der Waals surface area contributed by atoms with Gasteiger partial charge in [0.25, 0.3) is 0 Å². The Labute approximate surface area is 94.8 Å². The number of epoxide rings is 1. The molecule has 1 saturated heterocycles. The van der Waals surface area contributed by atoms with Gasteiger partial charge in [-0.2, -0.15) is 0 Å². The first-order valence-corrected chi connectivity index (χ1v) is 5.79. The molecule has 1 aromatic rings. The molecule has 3 nitrogen and oxygen atoms in total. The summed E-state index contributed by atoms with van der Waals surface area (Å²) in [4.78, 5) is 11.8. The minimum Gasteiger partial charge on any atom is -0.371 e. The van der Waals surface area contributed by atoms with Crippen LogP contribution in [0.1, 0.15) is 17.9 Å². The first-order valence-electron chi connectivity index (χ1n) is 5.79. The van der Waals surface area contributed by atoms with Crippen LogP contribution in [0.2, 0.25) is 0 Å². The predicted molar refractivity (Wildman–Crippen MR) is 60.0 cm³/mol. The third-order valence-corrected chi connectivity index (χ3v) is 3.26. The van der Waals surface area contributed by atoms with Crippen LogP contribution in [-0.4, -0.2) is 25.2 Å². The molecule has 1 aromatic carbocycles. The molecule has 3 unspecified atom stereocenters. The zero-order valence-corrected chi connectivity index (χ0v) is 9.06. The summed E-state index contributed by atoms with van der Waals surface area (Å²) >= 11 is 0. The molecule has 1 saturated carbocycles. The van der Waals surface area contributed by atoms with Crippen molar-refractivity contribution in [2.24, 2.45) is 5.92 Å². The number of rotatable bonds is 4. The molecule has 84 valence electrons. The second kappa shape index (κ2) is 3.91. The third-order valence-electron chi connectivity index (χ3n) is 3.26. The summed E-state index contributed by atoms with van der Waals surface area (Å²) in [6.07, 6.45) is 1.26. The van der Waals surface area contributed by atoms with E-state index in [-0.39, 0.29) is 17.9 Å². The molecule has 1 N–H and O–H groups in total. The number of carbonyl (C=O) groups is 1. The topological polar surface area (TPSA) is 41.6 Å². The number of hydrogen-bond acceptors (Lipinski definition) is 2. The number of nitrogens with one attached hydrogen (secondary N) is 1. The van der Waals surface area contributed by atoms with Crippen molar-refractivity contribution in [3.63, 3.8) is 0 Å². The van der Waals surface area contributed by atoms with E-state index in [1.54, 1.807) is 0 Å². The van der Waals surface area contributed by atoms with Crippen molar-refractivity contribution in [2.45, 2.75) is 18.4 Å². The van der Waals surface area contributed by atoms with E-state index >= 15 is 0 Å². The lowest BCUT2D eigenvalue weighted by molar-refractivity contribution is -0.122. The van der Waals surface area contributed by atoms with Crippen LogP contribution in [0.3, 0.4) is 0 Å². The highest BCUT2D eigenvalue weighted by molar-refractivity contribution is 5.82. The lowest BCUT2D eigenvalue weighted by atomic mass is 10.1. The maximum Gasteiger partial charge on any atom is 0.223 e. The van der Waals surface area contributed by atoms with Crippen molar-refractivity contribution in [3.8, 4) is 0 Å². The Balaban J connectivity index is 1.52. The summed E-state index contributed by atoms with van der Waals surface area (Å²) in [5, 5.41) is 2.94. The molecule has 2 aliphatic rings. The molecule has 16 heavy (non-hydrogen) atoms. The Morgan fingerprint density at radius 2 is 2.12 bits per heavy atom. The van der Waals surface area contributed by atoms with E-state index in [2.05, 4.69) is 17.4 Å². The SMILES string of the molecule is O=C(NCC1CO1)C1CC1c1ccccc1. The van der Waals surface area contributed by atoms with Crippen LogP contribution in [0.4, 0.5) is 0 Å². The first kappa shape index (κ1) is 9.85. The van der Waals surface area contributed by atoms with Gasteiger partial charge in [-0.05, 0) is 17.9 Å². The van der Waals surface area contributed by atoms with Gasteiger partial charge in [-0.15, -0.1) is 0 Å². The maximum atomic E-state index is 11.8. The van der Waals surface area contributed by atoms with Crippen LogP contribution in [0, 0.1) is 5.92 Å². The minimum absolute atomic E-state index is 0.182. The zero-order valence-electron chi connectivity index (χ0n) is 9.06. The van der Waals surface area contributed by atoms with Gasteiger partial charge in [-0.3, -0.25) is 4.79 Å². The average molecular weight is 217 g/mol. The highest BCUT2D eigenvalue weighted by Gasteiger charge is 2.44. The second-order valence-corrected chi connectivity index (χ2v) is 4.56. The Bertz CT molecular complexity index is 386. The lowest BCUT2D eigenvalue weighted by Crippen LogP contribution is -2.29. The molecule has 1 aliphatic carbocycles. The highest BCUT2D eigenvalue weighted by atomic mass is 16.6. The summed E-state index contributed by atoms with van der Waals surface area (Å²) < 4.78 is 5.06. The molecule has 0 bridgehead atoms. The van der Waals surface area contributed by atoms with Crippen LogP contribution in [0.5, 0.6) is 0 Å². The van der Waals surface area contributed by atoms with Crippen LogP contribution in [0.25, 0.3) is 0 Å². The quantitative estimate of drug-likeness (QED) is 0.772. The number of carbonyl (C=O) groups excluding carboxylic acids is 1. The van der Waals surface area contributed by atoms with Crippen molar-refractivity contribution in [1.82, 2.24) is 5.32 Å². The monoisotopic (exact) mass is 217 g/mol. The van der Waals surface area contributed by atoms with Gasteiger partial charge < -0.3 is 10.1 Å². The highest BCUT2D eigenvalue weighted by Crippen LogP contribution is 2.47. The summed E-state index contributed by atoms with van der Waals surface area (Å²) in [7, 11) is 0. The van der Waals surface area contributed by atoms with E-state index < -0.39 is 0 Å². The Kier molecular flexibility index (Phi) is 2.40. The molecule has 3 rings (SSSR count). The molecule has 3 atom stereocenters. The van der Waals surface area contributed by atoms with Gasteiger partial charge in [0.05, 0.1) is 12.7 Å². The summed E-state index contributed by atoms with van der Waals surface area (Å²) in [6, 6.07) is 10.3. The van der Waals surface area contributed by atoms with Crippen LogP contribution >= 0.6 is 0 Å². The molecule has 3 heteroatoms. The molecule has 0 spiro atoms. The molecule has 1 heterocycles. The van der Waals surface area contributed by atoms with Crippen molar-refractivity contribution in [2.75, 3.05) is 13.2 Å². The van der Waals surface area contributed by atoms with E-state index in [1.807, 2.05) is 18.2 Å². The lowest BCUT2D eigenvalue weighted by Gasteiger charge is -2.02. The van der Waals surface area contributed by atoms with Crippen LogP contribution in [0.15, 0.2) is 30.3 Å². The Morgan fingerprint density at radius 1 is 1.38 bits per heavy atom. The fourth-order valence-corrected chi connectivity index (χ4v) is 2.08. The van der Waals surface area contributed by atoms with E-state index in [4.69, 9.17) is 4.74 Å². The molecule has 1 aliphatic heterocycles. The third kappa shape index (κ3) is 2.09. The van der Waals surface area contributed by atoms with Gasteiger partial charge in [-0.1, -0.05) is 30.3 Å². The number of amides is 1. The van der Waals surface area contributed by atoms with E-state index in [0.29, 0.717) is 12.5 Å². The zero-order chi connectivity index (χ0) is 11.0. The van der Waals surface area contributed by atoms with Crippen molar-refractivity contribution in [1.29, 1.82) is 0 Å². The van der Waals surface area contributed by atoms with Gasteiger partial charge in [-0.25, -0.2) is 0 Å². The van der Waals surface area contributed by atoms with Crippen molar-refractivity contribution in [3.05, 3.63) is 35.9 Å². The van der Waals surface area contributed by atoms with Gasteiger partial charge in [0, 0.05) is 12.5 Å². The van der Waals surface area contributed by atoms with Gasteiger partial charge in [0.15, 0.2) is 0 Å². The van der Waals surface area contributed by atoms with Crippen molar-refractivity contribution >= 4 is 5.91 Å². The number of benzene rings is 1. The van der Waals surface area contributed by atoms with Gasteiger partial charge in [0.2, 0.25) is 5.91 Å². The number of ether oxygens (including phenoxy) is 1. The molecule has 1 amide bonds. The first-order chi connectivity index (χ1) is 7.84. The predicted octanol–water partition coefficient (Wildman–Crippen LogP) is 1.31. The van der Waals surface area contributed by atoms with Crippen LogP contribution < -0.4 is 5.32 Å².